The van der Waals surface area contributed by atoms with Gasteiger partial charge in [0.2, 0.25) is 0 Å². The number of esters is 1. The summed E-state index contributed by atoms with van der Waals surface area (Å²) < 4.78 is 35.2. The second-order valence-corrected chi connectivity index (χ2v) is 7.90. The van der Waals surface area contributed by atoms with Gasteiger partial charge in [0.1, 0.15) is 5.75 Å². The monoisotopic (exact) mass is 503 g/mol. The third kappa shape index (κ3) is 7.14. The molecule has 0 aliphatic carbocycles. The SMILES string of the molecule is COc1ccc([N+](=O)[O-])cc1NC(=O)COC(=O)c1ccccc1Nc1ccc(SC(F)F)cc1. The van der Waals surface area contributed by atoms with Gasteiger partial charge in [-0.1, -0.05) is 23.9 Å². The number of rotatable bonds is 10. The number of thioether (sulfide) groups is 1. The molecule has 0 aromatic heterocycles. The minimum Gasteiger partial charge on any atom is -0.495 e. The Labute approximate surface area is 202 Å². The summed E-state index contributed by atoms with van der Waals surface area (Å²) in [6, 6.07) is 16.3. The van der Waals surface area contributed by atoms with Gasteiger partial charge in [-0.25, -0.2) is 4.79 Å². The van der Waals surface area contributed by atoms with Crippen LogP contribution in [0.1, 0.15) is 10.4 Å². The highest BCUT2D eigenvalue weighted by molar-refractivity contribution is 7.99. The summed E-state index contributed by atoms with van der Waals surface area (Å²) >= 11 is 0.421. The summed E-state index contributed by atoms with van der Waals surface area (Å²) in [5.74, 6) is -3.85. The first kappa shape index (κ1) is 25.4. The average Bonchev–Trinajstić information content (AvgIpc) is 2.83. The summed E-state index contributed by atoms with van der Waals surface area (Å²) in [5.41, 5.74) is 0.878. The number of nitro groups is 1. The van der Waals surface area contributed by atoms with E-state index in [1.807, 2.05) is 0 Å². The van der Waals surface area contributed by atoms with Gasteiger partial charge >= 0.3 is 5.97 Å². The zero-order chi connectivity index (χ0) is 25.4. The van der Waals surface area contributed by atoms with Crippen LogP contribution in [0.2, 0.25) is 0 Å². The number of nitro benzene ring substituents is 1. The molecule has 0 bridgehead atoms. The van der Waals surface area contributed by atoms with Crippen molar-refractivity contribution in [3.8, 4) is 5.75 Å². The molecule has 0 fully saturated rings. The molecule has 12 heteroatoms. The van der Waals surface area contributed by atoms with Crippen molar-refractivity contribution in [3.05, 3.63) is 82.4 Å². The molecule has 0 unspecified atom stereocenters. The van der Waals surface area contributed by atoms with E-state index >= 15 is 0 Å². The molecule has 9 nitrogen and oxygen atoms in total. The first-order valence-corrected chi connectivity index (χ1v) is 10.8. The van der Waals surface area contributed by atoms with Crippen molar-refractivity contribution < 1.29 is 32.8 Å². The molecule has 1 amide bonds. The Morgan fingerprint density at radius 3 is 2.43 bits per heavy atom. The molecule has 3 aromatic carbocycles. The number of alkyl halides is 2. The van der Waals surface area contributed by atoms with E-state index in [1.165, 1.54) is 37.4 Å². The maximum atomic E-state index is 12.6. The van der Waals surface area contributed by atoms with E-state index in [9.17, 15) is 28.5 Å². The summed E-state index contributed by atoms with van der Waals surface area (Å²) in [6.07, 6.45) is 0. The fourth-order valence-corrected chi connectivity index (χ4v) is 3.45. The molecule has 0 saturated heterocycles. The third-order valence-electron chi connectivity index (χ3n) is 4.51. The van der Waals surface area contributed by atoms with Crippen molar-refractivity contribution >= 4 is 46.4 Å². The summed E-state index contributed by atoms with van der Waals surface area (Å²) in [6.45, 7) is -0.654. The lowest BCUT2D eigenvalue weighted by atomic mass is 10.1. The Kier molecular flexibility index (Phi) is 8.57. The fourth-order valence-electron chi connectivity index (χ4n) is 2.95. The van der Waals surface area contributed by atoms with Crippen LogP contribution in [0.15, 0.2) is 71.6 Å². The van der Waals surface area contributed by atoms with Crippen LogP contribution in [0.4, 0.5) is 31.5 Å². The second-order valence-electron chi connectivity index (χ2n) is 6.84. The van der Waals surface area contributed by atoms with Gasteiger partial charge in [0.25, 0.3) is 17.4 Å². The van der Waals surface area contributed by atoms with E-state index in [4.69, 9.17) is 9.47 Å². The third-order valence-corrected chi connectivity index (χ3v) is 5.23. The lowest BCUT2D eigenvalue weighted by Gasteiger charge is -2.13. The van der Waals surface area contributed by atoms with E-state index in [-0.39, 0.29) is 22.7 Å². The van der Waals surface area contributed by atoms with Crippen molar-refractivity contribution in [1.29, 1.82) is 0 Å². The van der Waals surface area contributed by atoms with Crippen LogP contribution >= 0.6 is 11.8 Å². The lowest BCUT2D eigenvalue weighted by Crippen LogP contribution is -2.21. The molecule has 35 heavy (non-hydrogen) atoms. The number of carbonyl (C=O) groups excluding carboxylic acids is 2. The Bertz CT molecular complexity index is 1220. The largest absolute Gasteiger partial charge is 0.495 e. The molecule has 0 spiro atoms. The summed E-state index contributed by atoms with van der Waals surface area (Å²) in [7, 11) is 1.34. The van der Waals surface area contributed by atoms with E-state index in [1.54, 1.807) is 30.3 Å². The highest BCUT2D eigenvalue weighted by Gasteiger charge is 2.17. The Morgan fingerprint density at radius 1 is 1.06 bits per heavy atom. The first-order chi connectivity index (χ1) is 16.8. The van der Waals surface area contributed by atoms with Gasteiger partial charge in [-0.05, 0) is 42.5 Å². The van der Waals surface area contributed by atoms with Crippen LogP contribution in [0.3, 0.4) is 0 Å². The molecule has 0 radical (unpaired) electrons. The van der Waals surface area contributed by atoms with Crippen LogP contribution in [-0.2, 0) is 9.53 Å². The van der Waals surface area contributed by atoms with Gasteiger partial charge in [0.15, 0.2) is 6.61 Å². The maximum absolute atomic E-state index is 12.6. The number of methoxy groups -OCH3 is 1. The molecular weight excluding hydrogens is 484 g/mol. The number of non-ortho nitro benzene ring substituents is 1. The molecular formula is C23H19F2N3O6S. The highest BCUT2D eigenvalue weighted by Crippen LogP contribution is 2.29. The molecule has 3 aromatic rings. The quantitative estimate of drug-likeness (QED) is 0.162. The predicted octanol–water partition coefficient (Wildman–Crippen LogP) is 5.46. The molecule has 0 saturated carbocycles. The van der Waals surface area contributed by atoms with Crippen LogP contribution in [0.25, 0.3) is 0 Å². The predicted molar refractivity (Wildman–Crippen MR) is 127 cm³/mol. The number of hydrogen-bond acceptors (Lipinski definition) is 8. The molecule has 0 aliphatic heterocycles. The van der Waals surface area contributed by atoms with E-state index in [0.717, 1.165) is 6.07 Å². The number of nitrogens with one attached hydrogen (secondary N) is 2. The highest BCUT2D eigenvalue weighted by atomic mass is 32.2. The zero-order valence-corrected chi connectivity index (χ0v) is 19.0. The maximum Gasteiger partial charge on any atom is 0.340 e. The van der Waals surface area contributed by atoms with Crippen molar-refractivity contribution in [2.45, 2.75) is 10.7 Å². The van der Waals surface area contributed by atoms with Gasteiger partial charge in [0.05, 0.1) is 29.0 Å². The smallest absolute Gasteiger partial charge is 0.340 e. The Morgan fingerprint density at radius 2 is 1.77 bits per heavy atom. The van der Waals surface area contributed by atoms with Crippen molar-refractivity contribution in [1.82, 2.24) is 0 Å². The van der Waals surface area contributed by atoms with Gasteiger partial charge in [-0.3, -0.25) is 14.9 Å². The molecule has 0 atom stereocenters. The van der Waals surface area contributed by atoms with Crippen molar-refractivity contribution in [2.24, 2.45) is 0 Å². The molecule has 0 heterocycles. The number of amides is 1. The zero-order valence-electron chi connectivity index (χ0n) is 18.2. The van der Waals surface area contributed by atoms with Gasteiger partial charge in [-0.15, -0.1) is 0 Å². The molecule has 2 N–H and O–H groups in total. The topological polar surface area (TPSA) is 120 Å². The fraction of sp³-hybridized carbons (Fsp3) is 0.130. The van der Waals surface area contributed by atoms with Gasteiger partial charge in [0, 0.05) is 22.7 Å². The minimum absolute atomic E-state index is 0.0540. The van der Waals surface area contributed by atoms with E-state index in [2.05, 4.69) is 10.6 Å². The van der Waals surface area contributed by atoms with Gasteiger partial charge in [-0.2, -0.15) is 8.78 Å². The Hall–Kier alpha value is -4.19. The van der Waals surface area contributed by atoms with Crippen molar-refractivity contribution in [2.75, 3.05) is 24.4 Å². The average molecular weight is 503 g/mol. The number of benzene rings is 3. The number of anilines is 3. The van der Waals surface area contributed by atoms with Crippen LogP contribution < -0.4 is 15.4 Å². The number of carbonyl (C=O) groups is 2. The normalized spacial score (nSPS) is 10.5. The lowest BCUT2D eigenvalue weighted by molar-refractivity contribution is -0.384. The van der Waals surface area contributed by atoms with E-state index in [0.29, 0.717) is 28.0 Å². The number of ether oxygens (including phenoxy) is 2. The number of hydrogen-bond donors (Lipinski definition) is 2. The Balaban J connectivity index is 1.64. The summed E-state index contributed by atoms with van der Waals surface area (Å²) in [4.78, 5) is 35.7. The standard InChI is InChI=1S/C23H19F2N3O6S/c1-33-20-11-8-15(28(31)32)12-19(20)27-21(29)13-34-22(30)17-4-2-3-5-18(17)26-14-6-9-16(10-7-14)35-23(24)25/h2-12,23,26H,13H2,1H3,(H,27,29). The minimum atomic E-state index is -2.53. The number of nitrogens with zero attached hydrogens (tertiary/aromatic N) is 1. The number of halogens is 2. The molecule has 0 aliphatic rings. The summed E-state index contributed by atoms with van der Waals surface area (Å²) in [5, 5.41) is 16.4. The molecule has 182 valence electrons. The molecule has 3 rings (SSSR count). The number of para-hydroxylation sites is 1. The van der Waals surface area contributed by atoms with Crippen molar-refractivity contribution in [3.63, 3.8) is 0 Å². The van der Waals surface area contributed by atoms with Gasteiger partial charge < -0.3 is 20.1 Å². The van der Waals surface area contributed by atoms with Crippen LogP contribution in [0, 0.1) is 10.1 Å². The first-order valence-electron chi connectivity index (χ1n) is 9.97. The van der Waals surface area contributed by atoms with E-state index < -0.39 is 29.2 Å². The van der Waals surface area contributed by atoms with Crippen LogP contribution in [0.5, 0.6) is 5.75 Å². The second kappa shape index (κ2) is 11.8. The van der Waals surface area contributed by atoms with Crippen LogP contribution in [-0.4, -0.2) is 36.3 Å².